The molecule has 0 heterocycles. The van der Waals surface area contributed by atoms with Crippen LogP contribution in [0, 0.1) is 5.92 Å². The fraction of sp³-hybridized carbons (Fsp3) is 0.529. The van der Waals surface area contributed by atoms with Crippen LogP contribution in [0.3, 0.4) is 0 Å². The average Bonchev–Trinajstić information content (AvgIpc) is 2.56. The van der Waals surface area contributed by atoms with Gasteiger partial charge in [0.05, 0.1) is 7.11 Å². The Kier molecular flexibility index (Phi) is 8.57. The van der Waals surface area contributed by atoms with Gasteiger partial charge in [-0.05, 0) is 18.1 Å². The Bertz CT molecular complexity index is 515. The van der Waals surface area contributed by atoms with Crippen molar-refractivity contribution < 1.29 is 9.53 Å². The molecule has 0 bridgehead atoms. The van der Waals surface area contributed by atoms with Gasteiger partial charge in [-0.15, -0.1) is 0 Å². The molecule has 0 saturated heterocycles. The molecule has 0 radical (unpaired) electrons. The quantitative estimate of drug-likeness (QED) is 0.382. The molecule has 0 aliphatic carbocycles. The van der Waals surface area contributed by atoms with Crippen LogP contribution in [-0.2, 0) is 11.2 Å². The minimum absolute atomic E-state index is 0.00768. The summed E-state index contributed by atoms with van der Waals surface area (Å²) in [6.45, 7) is 5.71. The number of benzene rings is 1. The van der Waals surface area contributed by atoms with Crippen molar-refractivity contribution in [1.82, 2.24) is 16.0 Å². The van der Waals surface area contributed by atoms with E-state index in [0.717, 1.165) is 30.2 Å². The maximum absolute atomic E-state index is 11.4. The van der Waals surface area contributed by atoms with Crippen LogP contribution in [0.2, 0.25) is 0 Å². The Labute approximate surface area is 138 Å². The third-order valence-electron chi connectivity index (χ3n) is 3.34. The monoisotopic (exact) mass is 320 g/mol. The lowest BCUT2D eigenvalue weighted by Gasteiger charge is -2.13. The van der Waals surface area contributed by atoms with Crippen LogP contribution in [0.15, 0.2) is 29.3 Å². The summed E-state index contributed by atoms with van der Waals surface area (Å²) in [6, 6.07) is 7.97. The highest BCUT2D eigenvalue weighted by molar-refractivity contribution is 5.80. The summed E-state index contributed by atoms with van der Waals surface area (Å²) in [6.07, 6.45) is 0.842. The van der Waals surface area contributed by atoms with Crippen LogP contribution >= 0.6 is 0 Å². The topological polar surface area (TPSA) is 74.8 Å². The zero-order valence-electron chi connectivity index (χ0n) is 14.5. The van der Waals surface area contributed by atoms with E-state index in [1.54, 1.807) is 14.2 Å². The number of aliphatic imine (C=N–C) groups is 1. The lowest BCUT2D eigenvalue weighted by molar-refractivity contribution is -0.123. The first kappa shape index (κ1) is 18.8. The predicted molar refractivity (Wildman–Crippen MR) is 93.9 cm³/mol. The molecule has 128 valence electrons. The molecule has 0 fully saturated rings. The molecule has 0 unspecified atom stereocenters. The van der Waals surface area contributed by atoms with Gasteiger partial charge in [-0.2, -0.15) is 0 Å². The van der Waals surface area contributed by atoms with Gasteiger partial charge < -0.3 is 20.7 Å². The van der Waals surface area contributed by atoms with Gasteiger partial charge in [0.2, 0.25) is 5.91 Å². The zero-order chi connectivity index (χ0) is 17.1. The van der Waals surface area contributed by atoms with Crippen molar-refractivity contribution in [3.63, 3.8) is 0 Å². The maximum Gasteiger partial charge on any atom is 0.222 e. The average molecular weight is 320 g/mol. The van der Waals surface area contributed by atoms with E-state index in [2.05, 4.69) is 27.0 Å². The second-order valence-electron chi connectivity index (χ2n) is 5.43. The van der Waals surface area contributed by atoms with E-state index >= 15 is 0 Å². The van der Waals surface area contributed by atoms with Crippen LogP contribution in [0.1, 0.15) is 19.4 Å². The summed E-state index contributed by atoms with van der Waals surface area (Å²) in [5.41, 5.74) is 1.15. The van der Waals surface area contributed by atoms with Gasteiger partial charge in [0.25, 0.3) is 0 Å². The van der Waals surface area contributed by atoms with Crippen molar-refractivity contribution in [2.75, 3.05) is 33.8 Å². The number of hydrogen-bond donors (Lipinski definition) is 3. The van der Waals surface area contributed by atoms with Gasteiger partial charge in [0.1, 0.15) is 5.75 Å². The Hall–Kier alpha value is -2.24. The van der Waals surface area contributed by atoms with Gasteiger partial charge in [0.15, 0.2) is 5.96 Å². The van der Waals surface area contributed by atoms with Crippen LogP contribution in [0.5, 0.6) is 5.75 Å². The number of nitrogens with zero attached hydrogens (tertiary/aromatic N) is 1. The molecule has 0 saturated carbocycles. The smallest absolute Gasteiger partial charge is 0.222 e. The van der Waals surface area contributed by atoms with E-state index in [9.17, 15) is 4.79 Å². The third kappa shape index (κ3) is 7.04. The number of ether oxygens (including phenoxy) is 1. The van der Waals surface area contributed by atoms with Crippen molar-refractivity contribution >= 4 is 11.9 Å². The number of para-hydroxylation sites is 1. The molecule has 6 heteroatoms. The van der Waals surface area contributed by atoms with Crippen LogP contribution in [0.25, 0.3) is 0 Å². The van der Waals surface area contributed by atoms with Crippen molar-refractivity contribution in [2.45, 2.75) is 20.3 Å². The number of methoxy groups -OCH3 is 1. The van der Waals surface area contributed by atoms with E-state index in [-0.39, 0.29) is 11.8 Å². The minimum Gasteiger partial charge on any atom is -0.496 e. The minimum atomic E-state index is 0.00768. The fourth-order valence-corrected chi connectivity index (χ4v) is 2.02. The van der Waals surface area contributed by atoms with Crippen molar-refractivity contribution in [2.24, 2.45) is 10.9 Å². The first-order valence-electron chi connectivity index (χ1n) is 7.92. The van der Waals surface area contributed by atoms with E-state index < -0.39 is 0 Å². The molecular weight excluding hydrogens is 292 g/mol. The second-order valence-corrected chi connectivity index (χ2v) is 5.43. The SMILES string of the molecule is CN=C(NCCNC(=O)C(C)C)NCCc1ccccc1OC. The summed E-state index contributed by atoms with van der Waals surface area (Å²) in [7, 11) is 3.41. The van der Waals surface area contributed by atoms with Gasteiger partial charge >= 0.3 is 0 Å². The highest BCUT2D eigenvalue weighted by Crippen LogP contribution is 2.17. The summed E-state index contributed by atoms with van der Waals surface area (Å²) in [4.78, 5) is 15.6. The Morgan fingerprint density at radius 3 is 2.43 bits per heavy atom. The van der Waals surface area contributed by atoms with E-state index in [1.807, 2.05) is 32.0 Å². The number of hydrogen-bond acceptors (Lipinski definition) is 3. The maximum atomic E-state index is 11.4. The molecule has 0 spiro atoms. The first-order chi connectivity index (χ1) is 11.1. The highest BCUT2D eigenvalue weighted by atomic mass is 16.5. The summed E-state index contributed by atoms with van der Waals surface area (Å²) in [5.74, 6) is 1.69. The molecule has 0 aromatic heterocycles. The molecule has 0 aliphatic heterocycles. The van der Waals surface area contributed by atoms with E-state index in [1.165, 1.54) is 0 Å². The highest BCUT2D eigenvalue weighted by Gasteiger charge is 2.05. The molecular formula is C17H28N4O2. The van der Waals surface area contributed by atoms with Crippen LogP contribution in [0.4, 0.5) is 0 Å². The lowest BCUT2D eigenvalue weighted by atomic mass is 10.1. The molecule has 23 heavy (non-hydrogen) atoms. The lowest BCUT2D eigenvalue weighted by Crippen LogP contribution is -2.42. The molecule has 1 rings (SSSR count). The normalized spacial score (nSPS) is 11.3. The van der Waals surface area contributed by atoms with Crippen LogP contribution in [-0.4, -0.2) is 45.7 Å². The molecule has 0 aliphatic rings. The van der Waals surface area contributed by atoms with Gasteiger partial charge in [-0.25, -0.2) is 0 Å². The number of carbonyl (C=O) groups is 1. The summed E-state index contributed by atoms with van der Waals surface area (Å²) in [5, 5.41) is 9.28. The zero-order valence-corrected chi connectivity index (χ0v) is 14.5. The number of nitrogens with one attached hydrogen (secondary N) is 3. The standard InChI is InChI=1S/C17H28N4O2/c1-13(2)16(22)19-11-12-21-17(18-3)20-10-9-14-7-5-6-8-15(14)23-4/h5-8,13H,9-12H2,1-4H3,(H,19,22)(H2,18,20,21). The van der Waals surface area contributed by atoms with Crippen molar-refractivity contribution in [3.05, 3.63) is 29.8 Å². The van der Waals surface area contributed by atoms with Gasteiger partial charge in [0, 0.05) is 32.6 Å². The number of guanidine groups is 1. The Balaban J connectivity index is 2.28. The van der Waals surface area contributed by atoms with Crippen LogP contribution < -0.4 is 20.7 Å². The molecule has 1 amide bonds. The molecule has 1 aromatic rings. The molecule has 3 N–H and O–H groups in total. The van der Waals surface area contributed by atoms with E-state index in [0.29, 0.717) is 13.1 Å². The fourth-order valence-electron chi connectivity index (χ4n) is 2.02. The van der Waals surface area contributed by atoms with Crippen molar-refractivity contribution in [1.29, 1.82) is 0 Å². The number of rotatable bonds is 8. The molecule has 0 atom stereocenters. The second kappa shape index (κ2) is 10.5. The summed E-state index contributed by atoms with van der Waals surface area (Å²) < 4.78 is 5.34. The Morgan fingerprint density at radius 2 is 1.78 bits per heavy atom. The molecule has 6 nitrogen and oxygen atoms in total. The number of carbonyl (C=O) groups excluding carboxylic acids is 1. The molecule has 1 aromatic carbocycles. The Morgan fingerprint density at radius 1 is 1.13 bits per heavy atom. The van der Waals surface area contributed by atoms with Crippen molar-refractivity contribution in [3.8, 4) is 5.75 Å². The summed E-state index contributed by atoms with van der Waals surface area (Å²) >= 11 is 0. The predicted octanol–water partition coefficient (Wildman–Crippen LogP) is 1.17. The van der Waals surface area contributed by atoms with Gasteiger partial charge in [-0.1, -0.05) is 32.0 Å². The van der Waals surface area contributed by atoms with E-state index in [4.69, 9.17) is 4.74 Å². The third-order valence-corrected chi connectivity index (χ3v) is 3.34. The first-order valence-corrected chi connectivity index (χ1v) is 7.92. The van der Waals surface area contributed by atoms with Gasteiger partial charge in [-0.3, -0.25) is 9.79 Å². The largest absolute Gasteiger partial charge is 0.496 e. The number of amides is 1.